The highest BCUT2D eigenvalue weighted by Crippen LogP contribution is 2.16. The molecule has 2 rings (SSSR count). The summed E-state index contributed by atoms with van der Waals surface area (Å²) in [6, 6.07) is 9.05. The highest BCUT2D eigenvalue weighted by molar-refractivity contribution is 7.89. The van der Waals surface area contributed by atoms with Crippen molar-refractivity contribution in [3.8, 4) is 0 Å². The van der Waals surface area contributed by atoms with Crippen molar-refractivity contribution in [2.75, 3.05) is 19.7 Å². The summed E-state index contributed by atoms with van der Waals surface area (Å²) < 4.78 is 31.1. The lowest BCUT2D eigenvalue weighted by Crippen LogP contribution is -2.40. The maximum Gasteiger partial charge on any atom is 0.331 e. The number of thiophene rings is 1. The Morgan fingerprint density at radius 3 is 2.38 bits per heavy atom. The molecule has 0 aliphatic rings. The van der Waals surface area contributed by atoms with E-state index in [0.29, 0.717) is 18.7 Å². The van der Waals surface area contributed by atoms with Crippen molar-refractivity contribution in [1.29, 1.82) is 0 Å². The zero-order chi connectivity index (χ0) is 23.6. The van der Waals surface area contributed by atoms with Crippen LogP contribution in [0.25, 0.3) is 6.08 Å². The maximum absolute atomic E-state index is 12.5. The second kappa shape index (κ2) is 12.1. The number of amides is 3. The highest BCUT2D eigenvalue weighted by Gasteiger charge is 2.21. The van der Waals surface area contributed by atoms with Crippen LogP contribution in [0.2, 0.25) is 0 Å². The Bertz CT molecular complexity index is 1040. The van der Waals surface area contributed by atoms with E-state index < -0.39 is 34.5 Å². The summed E-state index contributed by atoms with van der Waals surface area (Å²) in [7, 11) is -3.55. The largest absolute Gasteiger partial charge is 0.452 e. The Balaban J connectivity index is 1.79. The lowest BCUT2D eigenvalue weighted by Gasteiger charge is -2.18. The summed E-state index contributed by atoms with van der Waals surface area (Å²) in [5.41, 5.74) is 0.581. The molecule has 3 amide bonds. The molecule has 0 fully saturated rings. The number of rotatable bonds is 10. The zero-order valence-corrected chi connectivity index (χ0v) is 19.4. The Morgan fingerprint density at radius 2 is 1.78 bits per heavy atom. The molecule has 2 aromatic rings. The van der Waals surface area contributed by atoms with Gasteiger partial charge in [-0.1, -0.05) is 32.0 Å². The van der Waals surface area contributed by atoms with Crippen LogP contribution in [0.5, 0.6) is 0 Å². The van der Waals surface area contributed by atoms with Gasteiger partial charge in [-0.25, -0.2) is 18.0 Å². The van der Waals surface area contributed by atoms with Gasteiger partial charge in [0.2, 0.25) is 10.0 Å². The lowest BCUT2D eigenvalue weighted by atomic mass is 10.2. The van der Waals surface area contributed by atoms with Crippen LogP contribution in [0.15, 0.2) is 52.7 Å². The Labute approximate surface area is 191 Å². The first-order valence-electron chi connectivity index (χ1n) is 9.81. The van der Waals surface area contributed by atoms with Gasteiger partial charge in [0, 0.05) is 24.0 Å². The van der Waals surface area contributed by atoms with E-state index in [1.165, 1.54) is 33.9 Å². The van der Waals surface area contributed by atoms with E-state index in [9.17, 15) is 22.8 Å². The molecule has 0 unspecified atom stereocenters. The molecule has 11 heteroatoms. The summed E-state index contributed by atoms with van der Waals surface area (Å²) in [6.45, 7) is 3.95. The molecule has 0 aliphatic carbocycles. The number of carbonyl (C=O) groups excluding carboxylic acids is 3. The predicted octanol–water partition coefficient (Wildman–Crippen LogP) is 2.36. The SMILES string of the molecule is CCN(CC)S(=O)(=O)c1ccc(/C=C/C(=O)OCC(=O)NC(=O)NCc2cccs2)cc1. The van der Waals surface area contributed by atoms with Gasteiger partial charge in [-0.15, -0.1) is 11.3 Å². The van der Waals surface area contributed by atoms with Crippen LogP contribution < -0.4 is 10.6 Å². The number of ether oxygens (including phenoxy) is 1. The number of carbonyl (C=O) groups is 3. The summed E-state index contributed by atoms with van der Waals surface area (Å²) in [6.07, 6.45) is 2.54. The Hall–Kier alpha value is -3.02. The van der Waals surface area contributed by atoms with Gasteiger partial charge in [0.1, 0.15) is 0 Å². The number of benzene rings is 1. The number of imide groups is 1. The normalized spacial score (nSPS) is 11.5. The molecular weight excluding hydrogens is 454 g/mol. The molecule has 32 heavy (non-hydrogen) atoms. The third-order valence-corrected chi connectivity index (χ3v) is 7.18. The molecule has 0 saturated carbocycles. The number of sulfonamides is 1. The van der Waals surface area contributed by atoms with Crippen LogP contribution >= 0.6 is 11.3 Å². The van der Waals surface area contributed by atoms with E-state index in [-0.39, 0.29) is 11.4 Å². The topological polar surface area (TPSA) is 122 Å². The molecular formula is C21H25N3O6S2. The van der Waals surface area contributed by atoms with E-state index in [1.54, 1.807) is 26.0 Å². The van der Waals surface area contributed by atoms with Crippen LogP contribution in [-0.4, -0.2) is 50.3 Å². The van der Waals surface area contributed by atoms with Gasteiger partial charge in [-0.2, -0.15) is 4.31 Å². The fourth-order valence-electron chi connectivity index (χ4n) is 2.60. The van der Waals surface area contributed by atoms with Crippen LogP contribution in [0, 0.1) is 0 Å². The van der Waals surface area contributed by atoms with Crippen molar-refractivity contribution in [3.05, 3.63) is 58.3 Å². The Kier molecular flexibility index (Phi) is 9.57. The van der Waals surface area contributed by atoms with E-state index in [1.807, 2.05) is 17.5 Å². The van der Waals surface area contributed by atoms with Crippen molar-refractivity contribution in [2.45, 2.75) is 25.3 Å². The minimum atomic E-state index is -3.55. The minimum absolute atomic E-state index is 0.162. The van der Waals surface area contributed by atoms with Crippen LogP contribution in [0.3, 0.4) is 0 Å². The fraction of sp³-hybridized carbons (Fsp3) is 0.286. The molecule has 0 atom stereocenters. The number of urea groups is 1. The molecule has 172 valence electrons. The van der Waals surface area contributed by atoms with Gasteiger partial charge >= 0.3 is 12.0 Å². The molecule has 0 aliphatic heterocycles. The van der Waals surface area contributed by atoms with Crippen LogP contribution in [0.1, 0.15) is 24.3 Å². The average Bonchev–Trinajstić information content (AvgIpc) is 3.29. The minimum Gasteiger partial charge on any atom is -0.452 e. The van der Waals surface area contributed by atoms with E-state index in [0.717, 1.165) is 11.0 Å². The van der Waals surface area contributed by atoms with Crippen LogP contribution in [0.4, 0.5) is 4.79 Å². The molecule has 1 aromatic heterocycles. The third kappa shape index (κ3) is 7.59. The first kappa shape index (κ1) is 25.2. The number of nitrogens with zero attached hydrogens (tertiary/aromatic N) is 1. The number of nitrogens with one attached hydrogen (secondary N) is 2. The van der Waals surface area contributed by atoms with E-state index in [2.05, 4.69) is 10.6 Å². The molecule has 0 bridgehead atoms. The number of hydrogen-bond donors (Lipinski definition) is 2. The van der Waals surface area contributed by atoms with Crippen molar-refractivity contribution in [3.63, 3.8) is 0 Å². The monoisotopic (exact) mass is 479 g/mol. The fourth-order valence-corrected chi connectivity index (χ4v) is 4.70. The number of esters is 1. The first-order valence-corrected chi connectivity index (χ1v) is 12.1. The predicted molar refractivity (Wildman–Crippen MR) is 121 cm³/mol. The molecule has 0 saturated heterocycles. The van der Waals surface area contributed by atoms with Gasteiger partial charge < -0.3 is 10.1 Å². The van der Waals surface area contributed by atoms with Crippen molar-refractivity contribution in [2.24, 2.45) is 0 Å². The van der Waals surface area contributed by atoms with E-state index in [4.69, 9.17) is 4.74 Å². The summed E-state index contributed by atoms with van der Waals surface area (Å²) >= 11 is 1.47. The third-order valence-electron chi connectivity index (χ3n) is 4.24. The summed E-state index contributed by atoms with van der Waals surface area (Å²) in [5, 5.41) is 6.45. The molecule has 2 N–H and O–H groups in total. The summed E-state index contributed by atoms with van der Waals surface area (Å²) in [5.74, 6) is -1.54. The highest BCUT2D eigenvalue weighted by atomic mass is 32.2. The molecule has 1 heterocycles. The van der Waals surface area contributed by atoms with Crippen molar-refractivity contribution >= 4 is 45.3 Å². The van der Waals surface area contributed by atoms with Gasteiger partial charge in [-0.05, 0) is 35.2 Å². The second-order valence-corrected chi connectivity index (χ2v) is 9.38. The quantitative estimate of drug-likeness (QED) is 0.399. The first-order chi connectivity index (χ1) is 15.3. The van der Waals surface area contributed by atoms with Crippen molar-refractivity contribution < 1.29 is 27.5 Å². The zero-order valence-electron chi connectivity index (χ0n) is 17.7. The lowest BCUT2D eigenvalue weighted by molar-refractivity contribution is -0.143. The second-order valence-electron chi connectivity index (χ2n) is 6.41. The molecule has 9 nitrogen and oxygen atoms in total. The van der Waals surface area contributed by atoms with Crippen molar-refractivity contribution in [1.82, 2.24) is 14.9 Å². The van der Waals surface area contributed by atoms with Gasteiger partial charge in [0.05, 0.1) is 11.4 Å². The molecule has 1 aromatic carbocycles. The summed E-state index contributed by atoms with van der Waals surface area (Å²) in [4.78, 5) is 36.2. The van der Waals surface area contributed by atoms with Gasteiger partial charge in [0.15, 0.2) is 6.61 Å². The number of hydrogen-bond acceptors (Lipinski definition) is 7. The van der Waals surface area contributed by atoms with Gasteiger partial charge in [-0.3, -0.25) is 10.1 Å². The smallest absolute Gasteiger partial charge is 0.331 e. The van der Waals surface area contributed by atoms with E-state index >= 15 is 0 Å². The van der Waals surface area contributed by atoms with Gasteiger partial charge in [0.25, 0.3) is 5.91 Å². The maximum atomic E-state index is 12.5. The van der Waals surface area contributed by atoms with Crippen LogP contribution in [-0.2, 0) is 30.9 Å². The average molecular weight is 480 g/mol. The molecule has 0 radical (unpaired) electrons. The molecule has 0 spiro atoms. The Morgan fingerprint density at radius 1 is 1.09 bits per heavy atom. The standard InChI is InChI=1S/C21H25N3O6S2/c1-3-24(4-2)32(28,29)18-10-7-16(8-11-18)9-12-20(26)30-15-19(25)23-21(27)22-14-17-6-5-13-31-17/h5-13H,3-4,14-15H2,1-2H3,(H2,22,23,25,27)/b12-9+.